The molecule has 0 saturated carbocycles. The van der Waals surface area contributed by atoms with Crippen LogP contribution in [0.5, 0.6) is 5.75 Å². The van der Waals surface area contributed by atoms with Gasteiger partial charge in [0.25, 0.3) is 0 Å². The van der Waals surface area contributed by atoms with Gasteiger partial charge in [-0.05, 0) is 56.5 Å². The van der Waals surface area contributed by atoms with E-state index < -0.39 is 11.4 Å². The zero-order chi connectivity index (χ0) is 13.9. The molecule has 0 bridgehead atoms. The van der Waals surface area contributed by atoms with Crippen LogP contribution in [0.2, 0.25) is 0 Å². The Morgan fingerprint density at radius 1 is 1.37 bits per heavy atom. The second-order valence-corrected chi connectivity index (χ2v) is 5.18. The van der Waals surface area contributed by atoms with Crippen molar-refractivity contribution >= 4 is 5.97 Å². The molecule has 1 aliphatic heterocycles. The first-order chi connectivity index (χ1) is 9.10. The van der Waals surface area contributed by atoms with Crippen molar-refractivity contribution in [3.63, 3.8) is 0 Å². The molecule has 2 rings (SSSR count). The summed E-state index contributed by atoms with van der Waals surface area (Å²) >= 11 is 0. The third kappa shape index (κ3) is 2.59. The van der Waals surface area contributed by atoms with Crippen LogP contribution in [0.25, 0.3) is 0 Å². The average Bonchev–Trinajstić information content (AvgIpc) is 2.65. The molecule has 2 N–H and O–H groups in total. The van der Waals surface area contributed by atoms with Crippen LogP contribution in [0.15, 0.2) is 18.2 Å². The van der Waals surface area contributed by atoms with Crippen LogP contribution in [0.3, 0.4) is 0 Å². The molecule has 1 aromatic carbocycles. The molecule has 4 nitrogen and oxygen atoms in total. The first kappa shape index (κ1) is 13.9. The van der Waals surface area contributed by atoms with E-state index in [1.165, 1.54) is 0 Å². The summed E-state index contributed by atoms with van der Waals surface area (Å²) in [5, 5.41) is 13.0. The molecule has 0 amide bonds. The maximum Gasteiger partial charge on any atom is 0.314 e. The number of rotatable bonds is 3. The summed E-state index contributed by atoms with van der Waals surface area (Å²) in [5.41, 5.74) is 1.11. The third-order valence-corrected chi connectivity index (χ3v) is 4.04. The Labute approximate surface area is 113 Å². The van der Waals surface area contributed by atoms with Crippen LogP contribution in [-0.4, -0.2) is 31.3 Å². The van der Waals surface area contributed by atoms with Crippen LogP contribution in [0.1, 0.15) is 30.4 Å². The molecular weight excluding hydrogens is 242 g/mol. The fourth-order valence-electron chi connectivity index (χ4n) is 2.87. The zero-order valence-corrected chi connectivity index (χ0v) is 11.5. The minimum absolute atomic E-state index is 0.633. The van der Waals surface area contributed by atoms with Crippen molar-refractivity contribution in [1.29, 1.82) is 0 Å². The number of carbonyl (C=O) groups is 1. The van der Waals surface area contributed by atoms with Gasteiger partial charge in [-0.1, -0.05) is 12.1 Å². The molecule has 1 fully saturated rings. The molecule has 0 radical (unpaired) electrons. The van der Waals surface area contributed by atoms with Gasteiger partial charge in [0, 0.05) is 0 Å². The predicted octanol–water partition coefficient (Wildman–Crippen LogP) is 2.10. The predicted molar refractivity (Wildman–Crippen MR) is 73.8 cm³/mol. The van der Waals surface area contributed by atoms with Gasteiger partial charge < -0.3 is 15.2 Å². The Bertz CT molecular complexity index is 462. The third-order valence-electron chi connectivity index (χ3n) is 4.04. The molecule has 19 heavy (non-hydrogen) atoms. The quantitative estimate of drug-likeness (QED) is 0.877. The molecule has 1 aliphatic rings. The number of aryl methyl sites for hydroxylation is 1. The van der Waals surface area contributed by atoms with E-state index in [0.717, 1.165) is 36.4 Å². The van der Waals surface area contributed by atoms with E-state index in [-0.39, 0.29) is 0 Å². The van der Waals surface area contributed by atoms with Gasteiger partial charge in [0.15, 0.2) is 0 Å². The fraction of sp³-hybridized carbons (Fsp3) is 0.533. The SMILES string of the molecule is COc1ccc(C2(C(=O)O)CCCNCC2)cc1C. The van der Waals surface area contributed by atoms with Crippen LogP contribution in [0.4, 0.5) is 0 Å². The van der Waals surface area contributed by atoms with E-state index in [4.69, 9.17) is 4.74 Å². The minimum atomic E-state index is -0.763. The lowest BCUT2D eigenvalue weighted by Gasteiger charge is -2.29. The highest BCUT2D eigenvalue weighted by atomic mass is 16.5. The average molecular weight is 263 g/mol. The van der Waals surface area contributed by atoms with E-state index >= 15 is 0 Å². The lowest BCUT2D eigenvalue weighted by Crippen LogP contribution is -2.36. The first-order valence-electron chi connectivity index (χ1n) is 6.69. The van der Waals surface area contributed by atoms with E-state index in [9.17, 15) is 9.90 Å². The summed E-state index contributed by atoms with van der Waals surface area (Å²) in [7, 11) is 1.63. The largest absolute Gasteiger partial charge is 0.496 e. The number of methoxy groups -OCH3 is 1. The lowest BCUT2D eigenvalue weighted by molar-refractivity contribution is -0.144. The maximum atomic E-state index is 11.8. The Hall–Kier alpha value is -1.55. The molecule has 1 aromatic rings. The summed E-state index contributed by atoms with van der Waals surface area (Å²) in [4.78, 5) is 11.8. The second kappa shape index (κ2) is 5.61. The van der Waals surface area contributed by atoms with Crippen molar-refractivity contribution in [2.75, 3.05) is 20.2 Å². The van der Waals surface area contributed by atoms with Crippen molar-refractivity contribution in [2.45, 2.75) is 31.6 Å². The molecule has 1 heterocycles. The van der Waals surface area contributed by atoms with Crippen molar-refractivity contribution in [3.05, 3.63) is 29.3 Å². The standard InChI is InChI=1S/C15H21NO3/c1-11-10-12(4-5-13(11)19-2)15(14(17)18)6-3-8-16-9-7-15/h4-5,10,16H,3,6-9H2,1-2H3,(H,17,18). The molecule has 0 aliphatic carbocycles. The summed E-state index contributed by atoms with van der Waals surface area (Å²) in [6, 6.07) is 5.72. The van der Waals surface area contributed by atoms with E-state index in [1.54, 1.807) is 7.11 Å². The minimum Gasteiger partial charge on any atom is -0.496 e. The van der Waals surface area contributed by atoms with Gasteiger partial charge in [-0.15, -0.1) is 0 Å². The van der Waals surface area contributed by atoms with Crippen LogP contribution < -0.4 is 10.1 Å². The first-order valence-corrected chi connectivity index (χ1v) is 6.69. The van der Waals surface area contributed by atoms with Gasteiger partial charge in [0.05, 0.1) is 12.5 Å². The highest BCUT2D eigenvalue weighted by Gasteiger charge is 2.40. The number of benzene rings is 1. The highest BCUT2D eigenvalue weighted by molar-refractivity contribution is 5.81. The number of ether oxygens (including phenoxy) is 1. The number of nitrogens with one attached hydrogen (secondary N) is 1. The molecule has 1 saturated heterocycles. The summed E-state index contributed by atoms with van der Waals surface area (Å²) in [5.74, 6) is 0.0804. The molecule has 1 unspecified atom stereocenters. The smallest absolute Gasteiger partial charge is 0.314 e. The number of hydrogen-bond donors (Lipinski definition) is 2. The van der Waals surface area contributed by atoms with Gasteiger partial charge in [-0.25, -0.2) is 0 Å². The molecular formula is C15H21NO3. The summed E-state index contributed by atoms with van der Waals surface area (Å²) in [6.45, 7) is 3.59. The van der Waals surface area contributed by atoms with Gasteiger partial charge >= 0.3 is 5.97 Å². The maximum absolute atomic E-state index is 11.8. The van der Waals surface area contributed by atoms with Crippen molar-refractivity contribution in [2.24, 2.45) is 0 Å². The number of aliphatic carboxylic acids is 1. The van der Waals surface area contributed by atoms with E-state index in [1.807, 2.05) is 25.1 Å². The number of hydrogen-bond acceptors (Lipinski definition) is 3. The topological polar surface area (TPSA) is 58.6 Å². The highest BCUT2D eigenvalue weighted by Crippen LogP contribution is 2.36. The van der Waals surface area contributed by atoms with Crippen LogP contribution >= 0.6 is 0 Å². The molecule has 1 atom stereocenters. The van der Waals surface area contributed by atoms with Gasteiger partial charge in [-0.2, -0.15) is 0 Å². The Morgan fingerprint density at radius 2 is 2.16 bits per heavy atom. The van der Waals surface area contributed by atoms with E-state index in [0.29, 0.717) is 12.8 Å². The second-order valence-electron chi connectivity index (χ2n) is 5.18. The zero-order valence-electron chi connectivity index (χ0n) is 11.5. The molecule has 0 aromatic heterocycles. The van der Waals surface area contributed by atoms with Crippen LogP contribution in [-0.2, 0) is 10.2 Å². The Morgan fingerprint density at radius 3 is 2.79 bits per heavy atom. The fourth-order valence-corrected chi connectivity index (χ4v) is 2.87. The van der Waals surface area contributed by atoms with E-state index in [2.05, 4.69) is 5.32 Å². The summed E-state index contributed by atoms with van der Waals surface area (Å²) in [6.07, 6.45) is 2.20. The summed E-state index contributed by atoms with van der Waals surface area (Å²) < 4.78 is 5.25. The van der Waals surface area contributed by atoms with Gasteiger partial charge in [0.1, 0.15) is 5.75 Å². The Balaban J connectivity index is 2.43. The van der Waals surface area contributed by atoms with Gasteiger partial charge in [0.2, 0.25) is 0 Å². The van der Waals surface area contributed by atoms with Crippen molar-refractivity contribution in [1.82, 2.24) is 5.32 Å². The molecule has 4 heteroatoms. The van der Waals surface area contributed by atoms with Crippen LogP contribution in [0, 0.1) is 6.92 Å². The lowest BCUT2D eigenvalue weighted by atomic mass is 9.74. The van der Waals surface area contributed by atoms with Gasteiger partial charge in [-0.3, -0.25) is 4.79 Å². The Kier molecular flexibility index (Phi) is 4.10. The molecule has 0 spiro atoms. The molecule has 104 valence electrons. The monoisotopic (exact) mass is 263 g/mol. The number of carboxylic acids is 1. The van der Waals surface area contributed by atoms with Crippen molar-refractivity contribution in [3.8, 4) is 5.75 Å². The number of carboxylic acid groups (broad SMARTS) is 1. The normalized spacial score (nSPS) is 23.7. The van der Waals surface area contributed by atoms with Crippen molar-refractivity contribution < 1.29 is 14.6 Å².